The van der Waals surface area contributed by atoms with Crippen molar-refractivity contribution in [2.45, 2.75) is 13.8 Å². The fourth-order valence-electron chi connectivity index (χ4n) is 3.18. The lowest BCUT2D eigenvalue weighted by atomic mass is 10.1. The van der Waals surface area contributed by atoms with E-state index in [0.717, 1.165) is 40.5 Å². The van der Waals surface area contributed by atoms with Crippen molar-refractivity contribution in [2.24, 2.45) is 5.10 Å². The number of ether oxygens (including phenoxy) is 1. The molecule has 1 heterocycles. The molecular formula is C26H22I2N4O2S. The Labute approximate surface area is 235 Å². The van der Waals surface area contributed by atoms with E-state index in [4.69, 9.17) is 4.74 Å². The van der Waals surface area contributed by atoms with Gasteiger partial charge in [0.15, 0.2) is 5.13 Å². The van der Waals surface area contributed by atoms with Gasteiger partial charge in [0.25, 0.3) is 5.91 Å². The SMILES string of the molecule is CCOc1c(I)cc(/C=N\NC(=O)c2ccc(-c3csc(Nc4ccc(C)cc4)n3)cc2)cc1I. The van der Waals surface area contributed by atoms with Crippen LogP contribution in [0.15, 0.2) is 71.1 Å². The van der Waals surface area contributed by atoms with Crippen molar-refractivity contribution in [1.82, 2.24) is 10.4 Å². The highest BCUT2D eigenvalue weighted by Gasteiger charge is 2.10. The molecule has 0 saturated heterocycles. The molecule has 0 fully saturated rings. The Hall–Kier alpha value is -2.51. The average Bonchev–Trinajstić information content (AvgIpc) is 3.31. The quantitative estimate of drug-likeness (QED) is 0.115. The van der Waals surface area contributed by atoms with E-state index < -0.39 is 0 Å². The number of hydrogen-bond acceptors (Lipinski definition) is 6. The van der Waals surface area contributed by atoms with Gasteiger partial charge in [-0.05, 0) is 101 Å². The zero-order valence-electron chi connectivity index (χ0n) is 19.0. The van der Waals surface area contributed by atoms with E-state index >= 15 is 0 Å². The Bertz CT molecular complexity index is 1330. The molecule has 0 saturated carbocycles. The molecule has 4 aromatic rings. The summed E-state index contributed by atoms with van der Waals surface area (Å²) in [5, 5.41) is 10.3. The van der Waals surface area contributed by atoms with Crippen LogP contribution in [0.3, 0.4) is 0 Å². The van der Waals surface area contributed by atoms with Crippen molar-refractivity contribution in [1.29, 1.82) is 0 Å². The summed E-state index contributed by atoms with van der Waals surface area (Å²) in [6.45, 7) is 4.63. The first-order chi connectivity index (χ1) is 16.9. The van der Waals surface area contributed by atoms with Crippen LogP contribution in [-0.2, 0) is 0 Å². The van der Waals surface area contributed by atoms with Gasteiger partial charge < -0.3 is 10.1 Å². The summed E-state index contributed by atoms with van der Waals surface area (Å²) >= 11 is 6.01. The van der Waals surface area contributed by atoms with Gasteiger partial charge in [0.1, 0.15) is 5.75 Å². The zero-order valence-corrected chi connectivity index (χ0v) is 24.1. The Balaban J connectivity index is 1.37. The van der Waals surface area contributed by atoms with Gasteiger partial charge in [0.2, 0.25) is 0 Å². The van der Waals surface area contributed by atoms with Crippen molar-refractivity contribution in [3.63, 3.8) is 0 Å². The molecule has 0 aliphatic rings. The second-order valence-electron chi connectivity index (χ2n) is 7.55. The number of carbonyl (C=O) groups excluding carboxylic acids is 1. The molecule has 4 rings (SSSR count). The van der Waals surface area contributed by atoms with E-state index in [1.54, 1.807) is 18.3 Å². The molecule has 0 unspecified atom stereocenters. The molecule has 2 N–H and O–H groups in total. The molecule has 0 radical (unpaired) electrons. The van der Waals surface area contributed by atoms with Gasteiger partial charge in [-0.3, -0.25) is 4.79 Å². The van der Waals surface area contributed by atoms with Gasteiger partial charge in [-0.1, -0.05) is 29.8 Å². The van der Waals surface area contributed by atoms with Gasteiger partial charge in [-0.2, -0.15) is 5.10 Å². The number of hydrazone groups is 1. The minimum Gasteiger partial charge on any atom is -0.492 e. The number of halogens is 2. The van der Waals surface area contributed by atoms with Crippen LogP contribution in [-0.4, -0.2) is 23.7 Å². The largest absolute Gasteiger partial charge is 0.492 e. The minimum atomic E-state index is -0.275. The molecule has 9 heteroatoms. The third-order valence-corrected chi connectivity index (χ3v) is 7.30. The monoisotopic (exact) mass is 708 g/mol. The molecule has 0 aliphatic heterocycles. The zero-order chi connectivity index (χ0) is 24.8. The first-order valence-electron chi connectivity index (χ1n) is 10.8. The van der Waals surface area contributed by atoms with E-state index in [1.165, 1.54) is 16.9 Å². The standard InChI is InChI=1S/C26H22I2N4O2S/c1-3-34-24-21(27)12-17(13-22(24)28)14-29-32-25(33)19-8-6-18(7-9-19)23-15-35-26(31-23)30-20-10-4-16(2)5-11-20/h4-15H,3H2,1-2H3,(H,30,31)(H,32,33)/b29-14-. The number of nitrogens with one attached hydrogen (secondary N) is 2. The molecule has 1 aromatic heterocycles. The van der Waals surface area contributed by atoms with Crippen molar-refractivity contribution < 1.29 is 9.53 Å². The fourth-order valence-corrected chi connectivity index (χ4v) is 6.05. The lowest BCUT2D eigenvalue weighted by molar-refractivity contribution is 0.0955. The number of carbonyl (C=O) groups is 1. The molecule has 3 aromatic carbocycles. The van der Waals surface area contributed by atoms with Crippen LogP contribution in [0.2, 0.25) is 0 Å². The van der Waals surface area contributed by atoms with Gasteiger partial charge in [0.05, 0.1) is 25.7 Å². The van der Waals surface area contributed by atoms with Gasteiger partial charge in [-0.25, -0.2) is 10.4 Å². The molecule has 178 valence electrons. The molecule has 35 heavy (non-hydrogen) atoms. The van der Waals surface area contributed by atoms with E-state index in [9.17, 15) is 4.79 Å². The van der Waals surface area contributed by atoms with E-state index in [0.29, 0.717) is 12.2 Å². The van der Waals surface area contributed by atoms with Crippen molar-refractivity contribution in [2.75, 3.05) is 11.9 Å². The normalized spacial score (nSPS) is 11.0. The number of anilines is 2. The number of rotatable bonds is 8. The molecule has 0 aliphatic carbocycles. The van der Waals surface area contributed by atoms with Crippen LogP contribution in [0.4, 0.5) is 10.8 Å². The molecule has 0 spiro atoms. The highest BCUT2D eigenvalue weighted by Crippen LogP contribution is 2.29. The molecule has 6 nitrogen and oxygen atoms in total. The van der Waals surface area contributed by atoms with Crippen LogP contribution >= 0.6 is 56.5 Å². The van der Waals surface area contributed by atoms with Crippen LogP contribution in [0.5, 0.6) is 5.75 Å². The minimum absolute atomic E-state index is 0.275. The second kappa shape index (κ2) is 12.0. The fraction of sp³-hybridized carbons (Fsp3) is 0.115. The number of hydrogen-bond donors (Lipinski definition) is 2. The Morgan fingerprint density at radius 2 is 1.77 bits per heavy atom. The van der Waals surface area contributed by atoms with Gasteiger partial charge in [0, 0.05) is 22.2 Å². The lowest BCUT2D eigenvalue weighted by Gasteiger charge is -2.09. The highest BCUT2D eigenvalue weighted by atomic mass is 127. The maximum absolute atomic E-state index is 12.5. The lowest BCUT2D eigenvalue weighted by Crippen LogP contribution is -2.17. The molecule has 0 bridgehead atoms. The first kappa shape index (κ1) is 25.6. The number of nitrogens with zero attached hydrogens (tertiary/aromatic N) is 2. The third-order valence-electron chi connectivity index (χ3n) is 4.94. The summed E-state index contributed by atoms with van der Waals surface area (Å²) in [5.74, 6) is 0.594. The van der Waals surface area contributed by atoms with Gasteiger partial charge in [-0.15, -0.1) is 11.3 Å². The maximum Gasteiger partial charge on any atom is 0.271 e. The smallest absolute Gasteiger partial charge is 0.271 e. The molecule has 0 atom stereocenters. The van der Waals surface area contributed by atoms with E-state index in [1.807, 2.05) is 48.7 Å². The average molecular weight is 708 g/mol. The number of amides is 1. The number of aromatic nitrogens is 1. The van der Waals surface area contributed by atoms with Crippen LogP contribution < -0.4 is 15.5 Å². The summed E-state index contributed by atoms with van der Waals surface area (Å²) in [4.78, 5) is 17.2. The highest BCUT2D eigenvalue weighted by molar-refractivity contribution is 14.1. The topological polar surface area (TPSA) is 75.6 Å². The van der Waals surface area contributed by atoms with Crippen molar-refractivity contribution in [3.8, 4) is 17.0 Å². The van der Waals surface area contributed by atoms with Crippen LogP contribution in [0, 0.1) is 14.1 Å². The van der Waals surface area contributed by atoms with E-state index in [-0.39, 0.29) is 5.91 Å². The second-order valence-corrected chi connectivity index (χ2v) is 10.7. The summed E-state index contributed by atoms with van der Waals surface area (Å²) in [6, 6.07) is 19.4. The Kier molecular flexibility index (Phi) is 8.74. The van der Waals surface area contributed by atoms with E-state index in [2.05, 4.69) is 85.1 Å². The summed E-state index contributed by atoms with van der Waals surface area (Å²) < 4.78 is 7.66. The first-order valence-corrected chi connectivity index (χ1v) is 13.8. The van der Waals surface area contributed by atoms with Crippen molar-refractivity contribution in [3.05, 3.63) is 89.9 Å². The third kappa shape index (κ3) is 6.79. The predicted octanol–water partition coefficient (Wildman–Crippen LogP) is 7.23. The number of thiazole rings is 1. The summed E-state index contributed by atoms with van der Waals surface area (Å²) in [7, 11) is 0. The Morgan fingerprint density at radius 1 is 1.09 bits per heavy atom. The number of benzene rings is 3. The summed E-state index contributed by atoms with van der Waals surface area (Å²) in [6.07, 6.45) is 1.63. The van der Waals surface area contributed by atoms with Crippen LogP contribution in [0.1, 0.15) is 28.4 Å². The van der Waals surface area contributed by atoms with Crippen LogP contribution in [0.25, 0.3) is 11.3 Å². The maximum atomic E-state index is 12.5. The predicted molar refractivity (Wildman–Crippen MR) is 160 cm³/mol. The number of aryl methyl sites for hydroxylation is 1. The summed E-state index contributed by atoms with van der Waals surface area (Å²) in [5.41, 5.74) is 8.01. The molecule has 1 amide bonds. The van der Waals surface area contributed by atoms with Crippen molar-refractivity contribution >= 4 is 79.5 Å². The van der Waals surface area contributed by atoms with Gasteiger partial charge >= 0.3 is 0 Å². The Morgan fingerprint density at radius 3 is 2.43 bits per heavy atom. The molecular weight excluding hydrogens is 686 g/mol.